The van der Waals surface area contributed by atoms with Crippen molar-refractivity contribution in [1.82, 2.24) is 0 Å². The summed E-state index contributed by atoms with van der Waals surface area (Å²) in [7, 11) is 0. The van der Waals surface area contributed by atoms with Crippen LogP contribution in [-0.4, -0.2) is 37.2 Å². The Kier molecular flexibility index (Phi) is 66.6. The summed E-state index contributed by atoms with van der Waals surface area (Å²) in [4.78, 5) is 38.3. The smallest absolute Gasteiger partial charge is 0.306 e. The number of hydrogen-bond acceptors (Lipinski definition) is 6. The molecule has 1 atom stereocenters. The quantitative estimate of drug-likeness (QED) is 0.0261. The van der Waals surface area contributed by atoms with E-state index in [1.165, 1.54) is 218 Å². The van der Waals surface area contributed by atoms with E-state index < -0.39 is 6.10 Å². The Bertz CT molecular complexity index is 1490. The average Bonchev–Trinajstić information content (AvgIpc) is 3.46. The SMILES string of the molecule is CC/C=C\C/C=C\C/C=C\CCCCCC(=O)OCC(COC(=O)CCCCCCCCCCCCCCCCCCCCCCCCC/C=C\CCCCCCCCCC)OC(=O)CCCCCCC/C=C\C/C=C\CCCCC. The van der Waals surface area contributed by atoms with E-state index in [2.05, 4.69) is 93.7 Å². The Labute approximate surface area is 503 Å². The molecule has 0 saturated heterocycles. The van der Waals surface area contributed by atoms with Crippen molar-refractivity contribution in [3.8, 4) is 0 Å². The minimum atomic E-state index is -0.794. The van der Waals surface area contributed by atoms with Crippen LogP contribution in [0.3, 0.4) is 0 Å². The molecule has 6 heteroatoms. The van der Waals surface area contributed by atoms with Gasteiger partial charge in [0.2, 0.25) is 0 Å². The number of carbonyl (C=O) groups is 3. The van der Waals surface area contributed by atoms with Crippen LogP contribution in [0.5, 0.6) is 0 Å². The average molecular weight is 1130 g/mol. The summed E-state index contributed by atoms with van der Waals surface area (Å²) in [5.74, 6) is -0.917. The minimum Gasteiger partial charge on any atom is -0.462 e. The fourth-order valence-electron chi connectivity index (χ4n) is 10.4. The molecule has 470 valence electrons. The number of unbranched alkanes of at least 4 members (excludes halogenated alkanes) is 42. The van der Waals surface area contributed by atoms with E-state index in [-0.39, 0.29) is 31.1 Å². The van der Waals surface area contributed by atoms with Crippen LogP contribution >= 0.6 is 0 Å². The minimum absolute atomic E-state index is 0.0878. The van der Waals surface area contributed by atoms with Crippen molar-refractivity contribution >= 4 is 17.9 Å². The van der Waals surface area contributed by atoms with E-state index in [9.17, 15) is 14.4 Å². The number of carbonyl (C=O) groups excluding carboxylic acids is 3. The first-order valence-electron chi connectivity index (χ1n) is 35.4. The van der Waals surface area contributed by atoms with Crippen LogP contribution in [0.4, 0.5) is 0 Å². The van der Waals surface area contributed by atoms with E-state index in [1.54, 1.807) is 0 Å². The lowest BCUT2D eigenvalue weighted by Gasteiger charge is -2.18. The predicted octanol–water partition coefficient (Wildman–Crippen LogP) is 24.4. The molecule has 0 aliphatic carbocycles. The third-order valence-corrected chi connectivity index (χ3v) is 15.7. The summed E-state index contributed by atoms with van der Waals surface area (Å²) in [5, 5.41) is 0. The van der Waals surface area contributed by atoms with Crippen LogP contribution in [0.15, 0.2) is 72.9 Å². The van der Waals surface area contributed by atoms with Crippen molar-refractivity contribution in [3.63, 3.8) is 0 Å². The Morgan fingerprint density at radius 2 is 0.481 bits per heavy atom. The van der Waals surface area contributed by atoms with Crippen LogP contribution in [0.25, 0.3) is 0 Å². The molecule has 0 bridgehead atoms. The summed E-state index contributed by atoms with van der Waals surface area (Å²) < 4.78 is 16.9. The molecular formula is C75H134O6. The first kappa shape index (κ1) is 77.9. The first-order valence-corrected chi connectivity index (χ1v) is 35.4. The van der Waals surface area contributed by atoms with Crippen LogP contribution in [-0.2, 0) is 28.6 Å². The molecule has 0 radical (unpaired) electrons. The second kappa shape index (κ2) is 69.3. The fourth-order valence-corrected chi connectivity index (χ4v) is 10.4. The van der Waals surface area contributed by atoms with Gasteiger partial charge in [0, 0.05) is 19.3 Å². The van der Waals surface area contributed by atoms with Gasteiger partial charge >= 0.3 is 17.9 Å². The second-order valence-corrected chi connectivity index (χ2v) is 23.8. The number of allylic oxidation sites excluding steroid dienone is 12. The van der Waals surface area contributed by atoms with Gasteiger partial charge < -0.3 is 14.2 Å². The maximum atomic E-state index is 12.9. The summed E-state index contributed by atoms with van der Waals surface area (Å²) >= 11 is 0. The summed E-state index contributed by atoms with van der Waals surface area (Å²) in [5.41, 5.74) is 0. The van der Waals surface area contributed by atoms with Gasteiger partial charge in [-0.2, -0.15) is 0 Å². The molecule has 81 heavy (non-hydrogen) atoms. The van der Waals surface area contributed by atoms with E-state index >= 15 is 0 Å². The van der Waals surface area contributed by atoms with Crippen LogP contribution in [0.2, 0.25) is 0 Å². The van der Waals surface area contributed by atoms with Crippen LogP contribution in [0, 0.1) is 0 Å². The van der Waals surface area contributed by atoms with E-state index in [0.717, 1.165) is 109 Å². The molecule has 0 fully saturated rings. The van der Waals surface area contributed by atoms with Crippen molar-refractivity contribution in [2.45, 2.75) is 374 Å². The largest absolute Gasteiger partial charge is 0.462 e. The van der Waals surface area contributed by atoms with Crippen LogP contribution in [0.1, 0.15) is 367 Å². The molecule has 0 amide bonds. The highest BCUT2D eigenvalue weighted by Crippen LogP contribution is 2.18. The van der Waals surface area contributed by atoms with Gasteiger partial charge in [-0.3, -0.25) is 14.4 Å². The molecule has 1 unspecified atom stereocenters. The van der Waals surface area contributed by atoms with Gasteiger partial charge in [0.1, 0.15) is 13.2 Å². The van der Waals surface area contributed by atoms with Gasteiger partial charge in [0.15, 0.2) is 6.10 Å². The molecule has 0 heterocycles. The third kappa shape index (κ3) is 67.5. The maximum Gasteiger partial charge on any atom is 0.306 e. The van der Waals surface area contributed by atoms with Gasteiger partial charge in [0.25, 0.3) is 0 Å². The zero-order valence-corrected chi connectivity index (χ0v) is 54.1. The lowest BCUT2D eigenvalue weighted by Crippen LogP contribution is -2.30. The van der Waals surface area contributed by atoms with E-state index in [0.29, 0.717) is 19.3 Å². The van der Waals surface area contributed by atoms with Crippen LogP contribution < -0.4 is 0 Å². The van der Waals surface area contributed by atoms with Crippen molar-refractivity contribution in [2.24, 2.45) is 0 Å². The molecule has 0 aliphatic rings. The third-order valence-electron chi connectivity index (χ3n) is 15.7. The fraction of sp³-hybridized carbons (Fsp3) is 0.800. The Hall–Kier alpha value is -3.15. The highest BCUT2D eigenvalue weighted by molar-refractivity contribution is 5.71. The molecular weight excluding hydrogens is 997 g/mol. The second-order valence-electron chi connectivity index (χ2n) is 23.8. The lowest BCUT2D eigenvalue weighted by molar-refractivity contribution is -0.167. The molecule has 0 N–H and O–H groups in total. The van der Waals surface area contributed by atoms with Crippen molar-refractivity contribution < 1.29 is 28.6 Å². The Morgan fingerprint density at radius 1 is 0.259 bits per heavy atom. The topological polar surface area (TPSA) is 78.9 Å². The molecule has 0 aromatic carbocycles. The normalized spacial score (nSPS) is 12.5. The van der Waals surface area contributed by atoms with Crippen molar-refractivity contribution in [1.29, 1.82) is 0 Å². The monoisotopic (exact) mass is 1130 g/mol. The van der Waals surface area contributed by atoms with E-state index in [4.69, 9.17) is 14.2 Å². The first-order chi connectivity index (χ1) is 40.0. The number of ether oxygens (including phenoxy) is 3. The molecule has 0 rings (SSSR count). The molecule has 0 spiro atoms. The molecule has 6 nitrogen and oxygen atoms in total. The number of hydrogen-bond donors (Lipinski definition) is 0. The number of esters is 3. The standard InChI is InChI=1S/C75H134O6/c1-4-7-10-13-16-19-22-25-27-28-29-30-31-32-33-34-35-36-37-38-39-40-41-42-43-44-45-46-48-50-53-56-59-62-65-68-74(77)80-71-72(70-79-73(76)67-64-61-58-55-52-49-24-21-18-15-12-9-6-3)81-75(78)69-66-63-60-57-54-51-47-26-23-20-17-14-11-8-5-2/h9,12,17-18,20-21,26,28-29,47,49,52,72H,4-8,10-11,13-16,19,22-25,27,30-46,48,50-51,53-71H2,1-3H3/b12-9-,20-17-,21-18-,29-28-,47-26-,52-49-. The highest BCUT2D eigenvalue weighted by atomic mass is 16.6. The summed E-state index contributed by atoms with van der Waals surface area (Å²) in [6, 6.07) is 0. The zero-order chi connectivity index (χ0) is 58.5. The van der Waals surface area contributed by atoms with Crippen molar-refractivity contribution in [3.05, 3.63) is 72.9 Å². The number of rotatable bonds is 65. The highest BCUT2D eigenvalue weighted by Gasteiger charge is 2.19. The Morgan fingerprint density at radius 3 is 0.802 bits per heavy atom. The lowest BCUT2D eigenvalue weighted by atomic mass is 10.0. The van der Waals surface area contributed by atoms with Gasteiger partial charge in [-0.05, 0) is 109 Å². The van der Waals surface area contributed by atoms with Crippen molar-refractivity contribution in [2.75, 3.05) is 13.2 Å². The predicted molar refractivity (Wildman–Crippen MR) is 353 cm³/mol. The maximum absolute atomic E-state index is 12.9. The zero-order valence-electron chi connectivity index (χ0n) is 54.1. The summed E-state index contributed by atoms with van der Waals surface area (Å²) in [6.07, 6.45) is 91.1. The van der Waals surface area contributed by atoms with Gasteiger partial charge in [-0.15, -0.1) is 0 Å². The van der Waals surface area contributed by atoms with Gasteiger partial charge in [-0.25, -0.2) is 0 Å². The molecule has 0 aliphatic heterocycles. The molecule has 0 aromatic rings. The van der Waals surface area contributed by atoms with Gasteiger partial charge in [0.05, 0.1) is 0 Å². The van der Waals surface area contributed by atoms with E-state index in [1.807, 2.05) is 0 Å². The summed E-state index contributed by atoms with van der Waals surface area (Å²) in [6.45, 7) is 6.50. The molecule has 0 saturated carbocycles. The molecule has 0 aromatic heterocycles. The van der Waals surface area contributed by atoms with Gasteiger partial charge in [-0.1, -0.05) is 312 Å². The Balaban J connectivity index is 4.08.